The van der Waals surface area contributed by atoms with E-state index in [1.165, 1.54) is 16.0 Å². The Morgan fingerprint density at radius 3 is 3.07 bits per heavy atom. The summed E-state index contributed by atoms with van der Waals surface area (Å²) in [5.41, 5.74) is 3.57. The molecule has 0 aliphatic carbocycles. The number of rotatable bonds is 3. The molecule has 0 aliphatic rings. The molecule has 14 heavy (non-hydrogen) atoms. The fraction of sp³-hybridized carbons (Fsp3) is 0.300. The maximum absolute atomic E-state index is 4.07. The van der Waals surface area contributed by atoms with E-state index in [1.54, 1.807) is 11.3 Å². The van der Waals surface area contributed by atoms with Crippen LogP contribution in [-0.4, -0.2) is 17.2 Å². The van der Waals surface area contributed by atoms with E-state index in [0.29, 0.717) is 0 Å². The number of H-pyrrole nitrogens is 1. The van der Waals surface area contributed by atoms with E-state index < -0.39 is 0 Å². The predicted octanol–water partition coefficient (Wildman–Crippen LogP) is 2.17. The van der Waals surface area contributed by atoms with Crippen LogP contribution in [0.1, 0.15) is 10.4 Å². The van der Waals surface area contributed by atoms with Crippen molar-refractivity contribution < 1.29 is 0 Å². The third kappa shape index (κ3) is 1.71. The molecule has 0 bridgehead atoms. The summed E-state index contributed by atoms with van der Waals surface area (Å²) < 4.78 is 0. The molecule has 3 nitrogen and oxygen atoms in total. The molecule has 0 radical (unpaired) electrons. The minimum Gasteiger partial charge on any atom is -0.316 e. The highest BCUT2D eigenvalue weighted by molar-refractivity contribution is 7.10. The van der Waals surface area contributed by atoms with E-state index in [-0.39, 0.29) is 0 Å². The SMILES string of the molecule is CNCc1cn[nH]c1-c1csc(C)c1. The minimum absolute atomic E-state index is 0.848. The first-order valence-corrected chi connectivity index (χ1v) is 5.41. The van der Waals surface area contributed by atoms with Crippen LogP contribution < -0.4 is 5.32 Å². The summed E-state index contributed by atoms with van der Waals surface area (Å²) in [6.07, 6.45) is 1.87. The summed E-state index contributed by atoms with van der Waals surface area (Å²) in [6, 6.07) is 2.18. The molecule has 0 saturated carbocycles. The Labute approximate surface area is 87.2 Å². The van der Waals surface area contributed by atoms with Crippen LogP contribution >= 0.6 is 11.3 Å². The normalized spacial score (nSPS) is 10.7. The average molecular weight is 207 g/mol. The van der Waals surface area contributed by atoms with Crippen LogP contribution in [0, 0.1) is 6.92 Å². The molecular formula is C10H13N3S. The van der Waals surface area contributed by atoms with Gasteiger partial charge in [0.15, 0.2) is 0 Å². The molecular weight excluding hydrogens is 194 g/mol. The summed E-state index contributed by atoms with van der Waals surface area (Å²) in [7, 11) is 1.94. The van der Waals surface area contributed by atoms with Crippen molar-refractivity contribution in [3.05, 3.63) is 28.1 Å². The number of aromatic nitrogens is 2. The van der Waals surface area contributed by atoms with E-state index in [0.717, 1.165) is 12.2 Å². The molecule has 4 heteroatoms. The Morgan fingerprint density at radius 1 is 1.57 bits per heavy atom. The van der Waals surface area contributed by atoms with Crippen LogP contribution in [0.2, 0.25) is 0 Å². The fourth-order valence-electron chi connectivity index (χ4n) is 1.46. The lowest BCUT2D eigenvalue weighted by atomic mass is 10.1. The fourth-order valence-corrected chi connectivity index (χ4v) is 2.15. The third-order valence-electron chi connectivity index (χ3n) is 2.10. The first-order valence-electron chi connectivity index (χ1n) is 4.53. The minimum atomic E-state index is 0.848. The van der Waals surface area contributed by atoms with Crippen LogP contribution in [-0.2, 0) is 6.54 Å². The molecule has 2 N–H and O–H groups in total. The highest BCUT2D eigenvalue weighted by Crippen LogP contribution is 2.25. The lowest BCUT2D eigenvalue weighted by molar-refractivity contribution is 0.820. The van der Waals surface area contributed by atoms with Gasteiger partial charge in [-0.15, -0.1) is 11.3 Å². The van der Waals surface area contributed by atoms with Gasteiger partial charge in [-0.25, -0.2) is 0 Å². The highest BCUT2D eigenvalue weighted by Gasteiger charge is 2.07. The summed E-state index contributed by atoms with van der Waals surface area (Å²) >= 11 is 1.76. The van der Waals surface area contributed by atoms with Crippen molar-refractivity contribution in [1.29, 1.82) is 0 Å². The molecule has 0 fully saturated rings. The molecule has 2 aromatic rings. The second-order valence-electron chi connectivity index (χ2n) is 3.25. The van der Waals surface area contributed by atoms with Crippen LogP contribution in [0.4, 0.5) is 0 Å². The molecule has 0 amide bonds. The van der Waals surface area contributed by atoms with Gasteiger partial charge in [-0.05, 0) is 20.0 Å². The topological polar surface area (TPSA) is 40.7 Å². The maximum Gasteiger partial charge on any atom is 0.0703 e. The van der Waals surface area contributed by atoms with Crippen molar-refractivity contribution >= 4 is 11.3 Å². The van der Waals surface area contributed by atoms with Gasteiger partial charge in [0.05, 0.1) is 11.9 Å². The van der Waals surface area contributed by atoms with Crippen molar-refractivity contribution in [2.24, 2.45) is 0 Å². The average Bonchev–Trinajstić information content (AvgIpc) is 2.74. The van der Waals surface area contributed by atoms with Gasteiger partial charge in [0.25, 0.3) is 0 Å². The zero-order valence-electron chi connectivity index (χ0n) is 8.29. The first-order chi connectivity index (χ1) is 6.81. The van der Waals surface area contributed by atoms with E-state index in [4.69, 9.17) is 0 Å². The number of nitrogens with zero attached hydrogens (tertiary/aromatic N) is 1. The van der Waals surface area contributed by atoms with Crippen molar-refractivity contribution in [2.75, 3.05) is 7.05 Å². The Hall–Kier alpha value is -1.13. The van der Waals surface area contributed by atoms with E-state index in [1.807, 2.05) is 13.2 Å². The number of nitrogens with one attached hydrogen (secondary N) is 2. The molecule has 2 rings (SSSR count). The van der Waals surface area contributed by atoms with Crippen LogP contribution in [0.25, 0.3) is 11.3 Å². The summed E-state index contributed by atoms with van der Waals surface area (Å²) in [6.45, 7) is 2.96. The second kappa shape index (κ2) is 3.94. The van der Waals surface area contributed by atoms with Crippen LogP contribution in [0.15, 0.2) is 17.6 Å². The van der Waals surface area contributed by atoms with Crippen LogP contribution in [0.3, 0.4) is 0 Å². The predicted molar refractivity (Wildman–Crippen MR) is 59.4 cm³/mol. The Kier molecular flexibility index (Phi) is 2.65. The van der Waals surface area contributed by atoms with Gasteiger partial charge >= 0.3 is 0 Å². The monoisotopic (exact) mass is 207 g/mol. The van der Waals surface area contributed by atoms with Gasteiger partial charge in [-0.1, -0.05) is 0 Å². The molecule has 74 valence electrons. The molecule has 2 aromatic heterocycles. The summed E-state index contributed by atoms with van der Waals surface area (Å²) in [5, 5.41) is 12.4. The smallest absolute Gasteiger partial charge is 0.0703 e. The van der Waals surface area contributed by atoms with Crippen LogP contribution in [0.5, 0.6) is 0 Å². The molecule has 0 unspecified atom stereocenters. The molecule has 0 atom stereocenters. The maximum atomic E-state index is 4.07. The van der Waals surface area contributed by atoms with Crippen molar-refractivity contribution in [3.63, 3.8) is 0 Å². The Bertz CT molecular complexity index is 416. The van der Waals surface area contributed by atoms with Gasteiger partial charge in [0, 0.05) is 27.9 Å². The van der Waals surface area contributed by atoms with Gasteiger partial charge < -0.3 is 5.32 Å². The van der Waals surface area contributed by atoms with Crippen molar-refractivity contribution in [1.82, 2.24) is 15.5 Å². The standard InChI is InChI=1S/C10H13N3S/c1-7-3-8(6-14-7)10-9(4-11-2)5-12-13-10/h3,5-6,11H,4H2,1-2H3,(H,12,13). The van der Waals surface area contributed by atoms with Crippen molar-refractivity contribution in [2.45, 2.75) is 13.5 Å². The first kappa shape index (κ1) is 9.43. The van der Waals surface area contributed by atoms with Crippen molar-refractivity contribution in [3.8, 4) is 11.3 Å². The number of hydrogen-bond acceptors (Lipinski definition) is 3. The lowest BCUT2D eigenvalue weighted by Gasteiger charge is -1.98. The van der Waals surface area contributed by atoms with Gasteiger partial charge in [0.1, 0.15) is 0 Å². The zero-order chi connectivity index (χ0) is 9.97. The quantitative estimate of drug-likeness (QED) is 0.809. The highest BCUT2D eigenvalue weighted by atomic mass is 32.1. The lowest BCUT2D eigenvalue weighted by Crippen LogP contribution is -2.04. The Morgan fingerprint density at radius 2 is 2.43 bits per heavy atom. The van der Waals surface area contributed by atoms with Gasteiger partial charge in [-0.2, -0.15) is 5.10 Å². The second-order valence-corrected chi connectivity index (χ2v) is 4.36. The number of thiophene rings is 1. The third-order valence-corrected chi connectivity index (χ3v) is 2.97. The summed E-state index contributed by atoms with van der Waals surface area (Å²) in [5.74, 6) is 0. The van der Waals surface area contributed by atoms with E-state index in [2.05, 4.69) is 33.9 Å². The van der Waals surface area contributed by atoms with E-state index in [9.17, 15) is 0 Å². The largest absolute Gasteiger partial charge is 0.316 e. The number of aryl methyl sites for hydroxylation is 1. The summed E-state index contributed by atoms with van der Waals surface area (Å²) in [4.78, 5) is 1.32. The Balaban J connectivity index is 2.36. The van der Waals surface area contributed by atoms with E-state index >= 15 is 0 Å². The van der Waals surface area contributed by atoms with Gasteiger partial charge in [0.2, 0.25) is 0 Å². The molecule has 2 heterocycles. The molecule has 0 spiro atoms. The number of aromatic amines is 1. The molecule has 0 aromatic carbocycles. The zero-order valence-corrected chi connectivity index (χ0v) is 9.11. The number of hydrogen-bond donors (Lipinski definition) is 2. The van der Waals surface area contributed by atoms with Gasteiger partial charge in [-0.3, -0.25) is 5.10 Å². The molecule has 0 aliphatic heterocycles. The molecule has 0 saturated heterocycles.